The predicted octanol–water partition coefficient (Wildman–Crippen LogP) is 3.30. The Morgan fingerprint density at radius 3 is 2.19 bits per heavy atom. The Balaban J connectivity index is 1.97. The molecule has 1 unspecified atom stereocenters. The number of likely N-dealkylation sites (N-methyl/N-ethyl adjacent to an activating group) is 1. The molecule has 0 aliphatic rings. The number of thioether (sulfide) groups is 1. The number of aliphatic carboxylic acids is 1. The third-order valence-electron chi connectivity index (χ3n) is 3.64. The molecule has 0 radical (unpaired) electrons. The number of carboxylic acid groups (broad SMARTS) is 1. The normalized spacial score (nSPS) is 11.5. The third kappa shape index (κ3) is 5.42. The molecule has 1 N–H and O–H groups in total. The maximum Gasteiger partial charge on any atom is 0.341 e. The maximum atomic E-state index is 12.6. The molecule has 0 aliphatic carbocycles. The van der Waals surface area contributed by atoms with Gasteiger partial charge < -0.3 is 19.5 Å². The molecule has 0 spiro atoms. The van der Waals surface area contributed by atoms with Crippen LogP contribution in [0, 0.1) is 0 Å². The molecule has 2 rings (SSSR count). The first-order valence-corrected chi connectivity index (χ1v) is 9.16. The first kappa shape index (κ1) is 19.7. The Morgan fingerprint density at radius 1 is 1.08 bits per heavy atom. The number of hydrogen-bond donors (Lipinski definition) is 1. The summed E-state index contributed by atoms with van der Waals surface area (Å²) in [4.78, 5) is 25.7. The van der Waals surface area contributed by atoms with Crippen molar-refractivity contribution in [3.8, 4) is 11.5 Å². The van der Waals surface area contributed by atoms with Crippen molar-refractivity contribution < 1.29 is 24.2 Å². The molecular weight excluding hydrogens is 354 g/mol. The maximum absolute atomic E-state index is 12.6. The summed E-state index contributed by atoms with van der Waals surface area (Å²) in [6.45, 7) is 1.29. The molecule has 2 aromatic rings. The Labute approximate surface area is 156 Å². The molecular formula is C19H21NO5S. The molecule has 0 fully saturated rings. The summed E-state index contributed by atoms with van der Waals surface area (Å²) in [5, 5.41) is 8.61. The summed E-state index contributed by atoms with van der Waals surface area (Å²) < 4.78 is 10.8. The summed E-state index contributed by atoms with van der Waals surface area (Å²) in [5.74, 6) is -0.180. The van der Waals surface area contributed by atoms with Crippen LogP contribution in [0.3, 0.4) is 0 Å². The lowest BCUT2D eigenvalue weighted by molar-refractivity contribution is -0.139. The van der Waals surface area contributed by atoms with E-state index < -0.39 is 18.7 Å². The number of rotatable bonds is 8. The molecule has 0 bridgehead atoms. The molecule has 2 aromatic carbocycles. The monoisotopic (exact) mass is 375 g/mol. The van der Waals surface area contributed by atoms with Crippen molar-refractivity contribution in [2.24, 2.45) is 0 Å². The van der Waals surface area contributed by atoms with E-state index in [-0.39, 0.29) is 5.91 Å². The van der Waals surface area contributed by atoms with Gasteiger partial charge in [-0.3, -0.25) is 4.79 Å². The average molecular weight is 375 g/mol. The van der Waals surface area contributed by atoms with Crippen LogP contribution in [0.5, 0.6) is 11.5 Å². The number of hydrogen-bond acceptors (Lipinski definition) is 5. The van der Waals surface area contributed by atoms with Crippen LogP contribution in [-0.2, 0) is 9.59 Å². The van der Waals surface area contributed by atoms with Gasteiger partial charge in [-0.05, 0) is 61.7 Å². The SMILES string of the molecule is CSc1ccc(OC(C)C(=O)N(C)c2ccc(OCC(=O)O)cc2)cc1. The lowest BCUT2D eigenvalue weighted by Gasteiger charge is -2.22. The van der Waals surface area contributed by atoms with Crippen LogP contribution < -0.4 is 14.4 Å². The summed E-state index contributed by atoms with van der Waals surface area (Å²) in [5.41, 5.74) is 0.658. The third-order valence-corrected chi connectivity index (χ3v) is 4.38. The first-order valence-electron chi connectivity index (χ1n) is 7.93. The largest absolute Gasteiger partial charge is 0.482 e. The Kier molecular flexibility index (Phi) is 6.91. The zero-order valence-corrected chi connectivity index (χ0v) is 15.7. The highest BCUT2D eigenvalue weighted by molar-refractivity contribution is 7.98. The van der Waals surface area contributed by atoms with Gasteiger partial charge in [0.15, 0.2) is 12.7 Å². The fraction of sp³-hybridized carbons (Fsp3) is 0.263. The number of benzene rings is 2. The molecule has 1 amide bonds. The van der Waals surface area contributed by atoms with E-state index in [1.165, 1.54) is 4.90 Å². The van der Waals surface area contributed by atoms with Gasteiger partial charge in [0, 0.05) is 17.6 Å². The molecule has 138 valence electrons. The van der Waals surface area contributed by atoms with Crippen molar-refractivity contribution in [2.45, 2.75) is 17.9 Å². The zero-order chi connectivity index (χ0) is 19.1. The molecule has 0 saturated heterocycles. The van der Waals surface area contributed by atoms with Crippen LogP contribution >= 0.6 is 11.8 Å². The molecule has 0 saturated carbocycles. The number of nitrogens with zero attached hydrogens (tertiary/aromatic N) is 1. The van der Waals surface area contributed by atoms with Crippen LogP contribution in [-0.4, -0.2) is 43.0 Å². The van der Waals surface area contributed by atoms with Crippen molar-refractivity contribution in [3.63, 3.8) is 0 Å². The zero-order valence-electron chi connectivity index (χ0n) is 14.8. The number of amides is 1. The quantitative estimate of drug-likeness (QED) is 0.714. The van der Waals surface area contributed by atoms with Gasteiger partial charge >= 0.3 is 5.97 Å². The van der Waals surface area contributed by atoms with Crippen molar-refractivity contribution in [3.05, 3.63) is 48.5 Å². The van der Waals surface area contributed by atoms with Gasteiger partial charge in [0.25, 0.3) is 5.91 Å². The van der Waals surface area contributed by atoms with E-state index in [0.29, 0.717) is 17.2 Å². The van der Waals surface area contributed by atoms with E-state index in [9.17, 15) is 9.59 Å². The predicted molar refractivity (Wildman–Crippen MR) is 101 cm³/mol. The second kappa shape index (κ2) is 9.15. The fourth-order valence-corrected chi connectivity index (χ4v) is 2.63. The van der Waals surface area contributed by atoms with E-state index in [2.05, 4.69) is 0 Å². The lowest BCUT2D eigenvalue weighted by Crippen LogP contribution is -2.38. The lowest BCUT2D eigenvalue weighted by atomic mass is 10.2. The van der Waals surface area contributed by atoms with Crippen molar-refractivity contribution >= 4 is 29.3 Å². The molecule has 26 heavy (non-hydrogen) atoms. The molecule has 0 heterocycles. The van der Waals surface area contributed by atoms with Crippen molar-refractivity contribution in [2.75, 3.05) is 24.8 Å². The minimum absolute atomic E-state index is 0.196. The van der Waals surface area contributed by atoms with Gasteiger partial charge in [0.1, 0.15) is 11.5 Å². The fourth-order valence-electron chi connectivity index (χ4n) is 2.22. The van der Waals surface area contributed by atoms with E-state index in [1.807, 2.05) is 30.5 Å². The van der Waals surface area contributed by atoms with E-state index in [1.54, 1.807) is 50.0 Å². The van der Waals surface area contributed by atoms with E-state index in [4.69, 9.17) is 14.6 Å². The Morgan fingerprint density at radius 2 is 1.65 bits per heavy atom. The molecule has 1 atom stereocenters. The number of carbonyl (C=O) groups excluding carboxylic acids is 1. The highest BCUT2D eigenvalue weighted by Gasteiger charge is 2.20. The first-order chi connectivity index (χ1) is 12.4. The van der Waals surface area contributed by atoms with Gasteiger partial charge in [-0.15, -0.1) is 11.8 Å². The van der Waals surface area contributed by atoms with Gasteiger partial charge in [-0.25, -0.2) is 4.79 Å². The number of anilines is 1. The number of ether oxygens (including phenoxy) is 2. The van der Waals surface area contributed by atoms with Gasteiger partial charge in [-0.2, -0.15) is 0 Å². The average Bonchev–Trinajstić information content (AvgIpc) is 2.66. The topological polar surface area (TPSA) is 76.1 Å². The van der Waals surface area contributed by atoms with Crippen LogP contribution in [0.25, 0.3) is 0 Å². The minimum Gasteiger partial charge on any atom is -0.482 e. The van der Waals surface area contributed by atoms with Crippen LogP contribution in [0.1, 0.15) is 6.92 Å². The molecule has 0 aromatic heterocycles. The van der Waals surface area contributed by atoms with E-state index >= 15 is 0 Å². The van der Waals surface area contributed by atoms with E-state index in [0.717, 1.165) is 4.90 Å². The van der Waals surface area contributed by atoms with Crippen molar-refractivity contribution in [1.29, 1.82) is 0 Å². The van der Waals surface area contributed by atoms with Crippen molar-refractivity contribution in [1.82, 2.24) is 0 Å². The summed E-state index contributed by atoms with van der Waals surface area (Å²) in [6.07, 6.45) is 1.35. The molecule has 7 heteroatoms. The smallest absolute Gasteiger partial charge is 0.341 e. The summed E-state index contributed by atoms with van der Waals surface area (Å²) in [6, 6.07) is 14.2. The Bertz CT molecular complexity index is 746. The second-order valence-electron chi connectivity index (χ2n) is 5.51. The number of carboxylic acids is 1. The van der Waals surface area contributed by atoms with Gasteiger partial charge in [0.05, 0.1) is 0 Å². The van der Waals surface area contributed by atoms with Gasteiger partial charge in [-0.1, -0.05) is 0 Å². The van der Waals surface area contributed by atoms with Crippen LogP contribution in [0.15, 0.2) is 53.4 Å². The highest BCUT2D eigenvalue weighted by atomic mass is 32.2. The van der Waals surface area contributed by atoms with Gasteiger partial charge in [0.2, 0.25) is 0 Å². The highest BCUT2D eigenvalue weighted by Crippen LogP contribution is 2.22. The number of carbonyl (C=O) groups is 2. The second-order valence-corrected chi connectivity index (χ2v) is 6.39. The summed E-state index contributed by atoms with van der Waals surface area (Å²) >= 11 is 1.64. The standard InChI is InChI=1S/C19H21NO5S/c1-13(25-16-8-10-17(26-3)11-9-16)19(23)20(2)14-4-6-15(7-5-14)24-12-18(21)22/h4-11,13H,12H2,1-3H3,(H,21,22). The molecule has 0 aliphatic heterocycles. The Hall–Kier alpha value is -2.67. The van der Waals surface area contributed by atoms with Crippen LogP contribution in [0.2, 0.25) is 0 Å². The minimum atomic E-state index is -1.04. The summed E-state index contributed by atoms with van der Waals surface area (Å²) in [7, 11) is 1.66. The molecule has 6 nitrogen and oxygen atoms in total. The van der Waals surface area contributed by atoms with Crippen LogP contribution in [0.4, 0.5) is 5.69 Å².